The lowest BCUT2D eigenvalue weighted by Crippen LogP contribution is -2.17. The van der Waals surface area contributed by atoms with Crippen LogP contribution in [0.5, 0.6) is 0 Å². The fourth-order valence-corrected chi connectivity index (χ4v) is 1.65. The maximum atomic E-state index is 13.3. The highest BCUT2D eigenvalue weighted by Gasteiger charge is 2.14. The molecule has 4 nitrogen and oxygen atoms in total. The first-order chi connectivity index (χ1) is 8.38. The summed E-state index contributed by atoms with van der Waals surface area (Å²) in [5.41, 5.74) is -0.00461. The molecule has 0 aliphatic carbocycles. The fraction of sp³-hybridized carbons (Fsp3) is 0.333. The van der Waals surface area contributed by atoms with Crippen molar-refractivity contribution in [1.82, 2.24) is 0 Å². The number of carbonyl (C=O) groups is 2. The largest absolute Gasteiger partial charge is 0.481 e. The molecular formula is C12H13ClFNO3. The molecule has 1 unspecified atom stereocenters. The van der Waals surface area contributed by atoms with Gasteiger partial charge in [0.2, 0.25) is 5.91 Å². The summed E-state index contributed by atoms with van der Waals surface area (Å²) in [6.45, 7) is 1.64. The van der Waals surface area contributed by atoms with E-state index >= 15 is 0 Å². The van der Waals surface area contributed by atoms with E-state index in [4.69, 9.17) is 16.7 Å². The maximum Gasteiger partial charge on any atom is 0.303 e. The standard InChI is InChI=1S/C12H13ClFNO3/c1-7(5-12(17)18)4-11(16)15-10-6-8(13)2-3-9(10)14/h2-3,6-7H,4-5H2,1H3,(H,15,16)(H,17,18). The van der Waals surface area contributed by atoms with Crippen molar-refractivity contribution < 1.29 is 19.1 Å². The number of aliphatic carboxylic acids is 1. The molecule has 1 aromatic carbocycles. The number of halogens is 2. The fourth-order valence-electron chi connectivity index (χ4n) is 1.48. The molecule has 18 heavy (non-hydrogen) atoms. The van der Waals surface area contributed by atoms with Crippen LogP contribution in [0.1, 0.15) is 19.8 Å². The Kier molecular flexibility index (Phi) is 5.09. The maximum absolute atomic E-state index is 13.3. The van der Waals surface area contributed by atoms with E-state index in [9.17, 15) is 14.0 Å². The molecule has 1 rings (SSSR count). The number of anilines is 1. The molecule has 98 valence electrons. The zero-order chi connectivity index (χ0) is 13.7. The van der Waals surface area contributed by atoms with Gasteiger partial charge in [0, 0.05) is 17.9 Å². The third kappa shape index (κ3) is 4.71. The lowest BCUT2D eigenvalue weighted by Gasteiger charge is -2.10. The van der Waals surface area contributed by atoms with Crippen LogP contribution in [0.3, 0.4) is 0 Å². The lowest BCUT2D eigenvalue weighted by atomic mass is 10.0. The number of hydrogen-bond donors (Lipinski definition) is 2. The van der Waals surface area contributed by atoms with Crippen LogP contribution in [0.4, 0.5) is 10.1 Å². The van der Waals surface area contributed by atoms with Gasteiger partial charge in [0.25, 0.3) is 0 Å². The molecule has 1 atom stereocenters. The molecule has 0 aliphatic heterocycles. The normalized spacial score (nSPS) is 11.9. The van der Waals surface area contributed by atoms with Gasteiger partial charge in [-0.15, -0.1) is 0 Å². The lowest BCUT2D eigenvalue weighted by molar-refractivity contribution is -0.138. The molecule has 1 aromatic rings. The van der Waals surface area contributed by atoms with Crippen LogP contribution in [0.15, 0.2) is 18.2 Å². The Labute approximate surface area is 109 Å². The van der Waals surface area contributed by atoms with Gasteiger partial charge in [0.05, 0.1) is 5.69 Å². The van der Waals surface area contributed by atoms with E-state index in [1.165, 1.54) is 12.1 Å². The van der Waals surface area contributed by atoms with Gasteiger partial charge in [0.1, 0.15) is 5.82 Å². The van der Waals surface area contributed by atoms with E-state index in [0.717, 1.165) is 6.07 Å². The van der Waals surface area contributed by atoms with Gasteiger partial charge in [-0.25, -0.2) is 4.39 Å². The van der Waals surface area contributed by atoms with E-state index in [0.29, 0.717) is 5.02 Å². The van der Waals surface area contributed by atoms with Gasteiger partial charge in [-0.3, -0.25) is 9.59 Å². The molecule has 1 amide bonds. The molecule has 0 spiro atoms. The first-order valence-electron chi connectivity index (χ1n) is 5.35. The second kappa shape index (κ2) is 6.35. The van der Waals surface area contributed by atoms with Gasteiger partial charge in [-0.1, -0.05) is 18.5 Å². The van der Waals surface area contributed by atoms with Crippen molar-refractivity contribution in [3.8, 4) is 0 Å². The van der Waals surface area contributed by atoms with Gasteiger partial charge in [0.15, 0.2) is 0 Å². The average Bonchev–Trinajstić information content (AvgIpc) is 2.21. The van der Waals surface area contributed by atoms with Gasteiger partial charge < -0.3 is 10.4 Å². The number of benzene rings is 1. The number of rotatable bonds is 5. The second-order valence-corrected chi connectivity index (χ2v) is 4.52. The van der Waals surface area contributed by atoms with Crippen molar-refractivity contribution in [2.24, 2.45) is 5.92 Å². The van der Waals surface area contributed by atoms with Gasteiger partial charge >= 0.3 is 5.97 Å². The number of nitrogens with one attached hydrogen (secondary N) is 1. The van der Waals surface area contributed by atoms with Gasteiger partial charge in [-0.2, -0.15) is 0 Å². The highest BCUT2D eigenvalue weighted by molar-refractivity contribution is 6.30. The minimum Gasteiger partial charge on any atom is -0.481 e. The highest BCUT2D eigenvalue weighted by Crippen LogP contribution is 2.20. The Balaban J connectivity index is 2.59. The first-order valence-corrected chi connectivity index (χ1v) is 5.73. The Morgan fingerprint density at radius 1 is 1.44 bits per heavy atom. The number of carboxylic acid groups (broad SMARTS) is 1. The first kappa shape index (κ1) is 14.4. The summed E-state index contributed by atoms with van der Waals surface area (Å²) in [6.07, 6.45) is -0.0936. The third-order valence-corrected chi connectivity index (χ3v) is 2.49. The summed E-state index contributed by atoms with van der Waals surface area (Å²) in [6, 6.07) is 3.83. The SMILES string of the molecule is CC(CC(=O)O)CC(=O)Nc1cc(Cl)ccc1F. The van der Waals surface area contributed by atoms with Crippen molar-refractivity contribution >= 4 is 29.2 Å². The van der Waals surface area contributed by atoms with Crippen LogP contribution in [0.25, 0.3) is 0 Å². The summed E-state index contributed by atoms with van der Waals surface area (Å²) < 4.78 is 13.3. The molecule has 0 radical (unpaired) electrons. The zero-order valence-electron chi connectivity index (χ0n) is 9.74. The summed E-state index contributed by atoms with van der Waals surface area (Å²) in [7, 11) is 0. The molecule has 0 fully saturated rings. The smallest absolute Gasteiger partial charge is 0.303 e. The monoisotopic (exact) mass is 273 g/mol. The van der Waals surface area contributed by atoms with E-state index in [2.05, 4.69) is 5.32 Å². The predicted molar refractivity (Wildman–Crippen MR) is 66.1 cm³/mol. The Morgan fingerprint density at radius 2 is 2.11 bits per heavy atom. The second-order valence-electron chi connectivity index (χ2n) is 4.08. The van der Waals surface area contributed by atoms with Crippen LogP contribution < -0.4 is 5.32 Å². The molecule has 0 saturated heterocycles. The Hall–Kier alpha value is -1.62. The molecule has 0 aliphatic rings. The molecule has 0 heterocycles. The molecule has 0 bridgehead atoms. The summed E-state index contributed by atoms with van der Waals surface area (Å²) in [5.74, 6) is -2.31. The minimum atomic E-state index is -0.968. The van der Waals surface area contributed by atoms with Crippen LogP contribution >= 0.6 is 11.6 Å². The predicted octanol–water partition coefficient (Wildman–Crippen LogP) is 2.92. The van der Waals surface area contributed by atoms with E-state index < -0.39 is 17.7 Å². The van der Waals surface area contributed by atoms with Crippen molar-refractivity contribution in [3.05, 3.63) is 29.0 Å². The molecule has 2 N–H and O–H groups in total. The molecule has 0 aromatic heterocycles. The number of carbonyl (C=O) groups excluding carboxylic acids is 1. The van der Waals surface area contributed by atoms with Crippen LogP contribution in [-0.2, 0) is 9.59 Å². The number of carboxylic acids is 1. The van der Waals surface area contributed by atoms with Crippen LogP contribution in [0, 0.1) is 11.7 Å². The molecular weight excluding hydrogens is 261 g/mol. The van der Waals surface area contributed by atoms with Crippen molar-refractivity contribution in [3.63, 3.8) is 0 Å². The molecule has 0 saturated carbocycles. The van der Waals surface area contributed by atoms with E-state index in [-0.39, 0.29) is 24.4 Å². The third-order valence-electron chi connectivity index (χ3n) is 2.26. The highest BCUT2D eigenvalue weighted by atomic mass is 35.5. The summed E-state index contributed by atoms with van der Waals surface area (Å²) >= 11 is 5.68. The van der Waals surface area contributed by atoms with Crippen molar-refractivity contribution in [2.45, 2.75) is 19.8 Å². The van der Waals surface area contributed by atoms with Crippen molar-refractivity contribution in [2.75, 3.05) is 5.32 Å². The summed E-state index contributed by atoms with van der Waals surface area (Å²) in [5, 5.41) is 11.2. The van der Waals surface area contributed by atoms with Crippen LogP contribution in [-0.4, -0.2) is 17.0 Å². The van der Waals surface area contributed by atoms with E-state index in [1.54, 1.807) is 6.92 Å². The quantitative estimate of drug-likeness (QED) is 0.867. The molecule has 6 heteroatoms. The number of hydrogen-bond acceptors (Lipinski definition) is 2. The summed E-state index contributed by atoms with van der Waals surface area (Å²) in [4.78, 5) is 22.0. The van der Waals surface area contributed by atoms with Gasteiger partial charge in [-0.05, 0) is 24.1 Å². The Bertz CT molecular complexity index is 465. The Morgan fingerprint density at radius 3 is 2.72 bits per heavy atom. The number of amides is 1. The average molecular weight is 274 g/mol. The zero-order valence-corrected chi connectivity index (χ0v) is 10.5. The topological polar surface area (TPSA) is 66.4 Å². The van der Waals surface area contributed by atoms with E-state index in [1.807, 2.05) is 0 Å². The minimum absolute atomic E-state index is 0.00461. The van der Waals surface area contributed by atoms with Crippen LogP contribution in [0.2, 0.25) is 5.02 Å². The van der Waals surface area contributed by atoms with Crippen molar-refractivity contribution in [1.29, 1.82) is 0 Å².